The third kappa shape index (κ3) is 3.31. The maximum Gasteiger partial charge on any atom is 0.265 e. The molecule has 0 radical (unpaired) electrons. The van der Waals surface area contributed by atoms with E-state index < -0.39 is 11.9 Å². The number of nitrogens with one attached hydrogen (secondary N) is 2. The molecule has 1 aliphatic rings. The molecule has 2 aromatic carbocycles. The Morgan fingerprint density at radius 3 is 2.91 bits per heavy atom. The maximum atomic E-state index is 13.1. The summed E-state index contributed by atoms with van der Waals surface area (Å²) in [6, 6.07) is 10.7. The molecule has 0 spiro atoms. The summed E-state index contributed by atoms with van der Waals surface area (Å²) in [5.41, 5.74) is 1.97. The second-order valence-electron chi connectivity index (χ2n) is 5.26. The van der Waals surface area contributed by atoms with E-state index in [1.54, 1.807) is 31.2 Å². The fraction of sp³-hybridized carbons (Fsp3) is 0.176. The lowest BCUT2D eigenvalue weighted by atomic mass is 10.1. The molecule has 1 unspecified atom stereocenters. The monoisotopic (exact) mass is 314 g/mol. The average Bonchev–Trinajstić information content (AvgIpc) is 2.88. The van der Waals surface area contributed by atoms with Crippen molar-refractivity contribution in [3.8, 4) is 5.75 Å². The first-order chi connectivity index (χ1) is 11.0. The highest BCUT2D eigenvalue weighted by Crippen LogP contribution is 2.21. The van der Waals surface area contributed by atoms with Gasteiger partial charge in [-0.15, -0.1) is 0 Å². The van der Waals surface area contributed by atoms with Gasteiger partial charge in [0, 0.05) is 23.9 Å². The molecule has 0 saturated carbocycles. The summed E-state index contributed by atoms with van der Waals surface area (Å²) in [5.74, 6) is -0.687. The number of hydrogen-bond acceptors (Lipinski definition) is 3. The van der Waals surface area contributed by atoms with Gasteiger partial charge < -0.3 is 15.4 Å². The fourth-order valence-electron chi connectivity index (χ4n) is 2.33. The molecule has 118 valence electrons. The third-order valence-corrected chi connectivity index (χ3v) is 3.54. The molecule has 0 saturated heterocycles. The SMILES string of the molecule is CC(Oc1cccc(F)c1)C(=O)Nc1ccc2c(c1)C(=O)NC2. The van der Waals surface area contributed by atoms with Gasteiger partial charge in [-0.1, -0.05) is 12.1 Å². The Bertz CT molecular complexity index is 776. The van der Waals surface area contributed by atoms with Crippen LogP contribution in [0.2, 0.25) is 0 Å². The Hall–Kier alpha value is -2.89. The van der Waals surface area contributed by atoms with Gasteiger partial charge in [0.15, 0.2) is 6.10 Å². The van der Waals surface area contributed by atoms with Crippen molar-refractivity contribution in [2.24, 2.45) is 0 Å². The lowest BCUT2D eigenvalue weighted by Crippen LogP contribution is -2.30. The average molecular weight is 314 g/mol. The Morgan fingerprint density at radius 2 is 2.13 bits per heavy atom. The van der Waals surface area contributed by atoms with Crippen LogP contribution in [-0.4, -0.2) is 17.9 Å². The van der Waals surface area contributed by atoms with Crippen molar-refractivity contribution in [3.05, 3.63) is 59.4 Å². The van der Waals surface area contributed by atoms with Crippen LogP contribution >= 0.6 is 0 Å². The largest absolute Gasteiger partial charge is 0.481 e. The van der Waals surface area contributed by atoms with E-state index in [-0.39, 0.29) is 17.6 Å². The molecule has 0 fully saturated rings. The Labute approximate surface area is 132 Å². The Kier molecular flexibility index (Phi) is 3.97. The number of hydrogen-bond donors (Lipinski definition) is 2. The minimum atomic E-state index is -0.807. The minimum absolute atomic E-state index is 0.153. The highest BCUT2D eigenvalue weighted by molar-refractivity contribution is 6.01. The predicted molar refractivity (Wildman–Crippen MR) is 82.7 cm³/mol. The van der Waals surface area contributed by atoms with Crippen molar-refractivity contribution < 1.29 is 18.7 Å². The van der Waals surface area contributed by atoms with Gasteiger partial charge in [0.05, 0.1) is 0 Å². The second kappa shape index (κ2) is 6.08. The summed E-state index contributed by atoms with van der Waals surface area (Å²) in [4.78, 5) is 23.8. The number of rotatable bonds is 4. The molecule has 0 aromatic heterocycles. The number of carbonyl (C=O) groups excluding carboxylic acids is 2. The zero-order valence-corrected chi connectivity index (χ0v) is 12.4. The quantitative estimate of drug-likeness (QED) is 0.911. The van der Waals surface area contributed by atoms with Gasteiger partial charge in [0.25, 0.3) is 11.8 Å². The maximum absolute atomic E-state index is 13.1. The zero-order valence-electron chi connectivity index (χ0n) is 12.4. The van der Waals surface area contributed by atoms with Crippen molar-refractivity contribution in [1.29, 1.82) is 0 Å². The summed E-state index contributed by atoms with van der Waals surface area (Å²) < 4.78 is 18.5. The van der Waals surface area contributed by atoms with E-state index in [4.69, 9.17) is 4.74 Å². The van der Waals surface area contributed by atoms with Crippen LogP contribution in [0.1, 0.15) is 22.8 Å². The first-order valence-electron chi connectivity index (χ1n) is 7.17. The molecule has 6 heteroatoms. The minimum Gasteiger partial charge on any atom is -0.481 e. The number of ether oxygens (including phenoxy) is 1. The molecular weight excluding hydrogens is 299 g/mol. The topological polar surface area (TPSA) is 67.4 Å². The van der Waals surface area contributed by atoms with Crippen LogP contribution in [0, 0.1) is 5.82 Å². The van der Waals surface area contributed by atoms with Crippen molar-refractivity contribution in [2.75, 3.05) is 5.32 Å². The zero-order chi connectivity index (χ0) is 16.4. The summed E-state index contributed by atoms with van der Waals surface area (Å²) >= 11 is 0. The molecule has 2 N–H and O–H groups in total. The highest BCUT2D eigenvalue weighted by atomic mass is 19.1. The van der Waals surface area contributed by atoms with Crippen LogP contribution in [0.25, 0.3) is 0 Å². The molecular formula is C17H15FN2O3. The standard InChI is InChI=1S/C17H15FN2O3/c1-10(23-14-4-2-3-12(18)7-14)16(21)20-13-6-5-11-9-19-17(22)15(11)8-13/h2-8,10H,9H2,1H3,(H,19,22)(H,20,21). The summed E-state index contributed by atoms with van der Waals surface area (Å²) in [7, 11) is 0. The van der Waals surface area contributed by atoms with E-state index in [1.165, 1.54) is 18.2 Å². The number of anilines is 1. The van der Waals surface area contributed by atoms with Gasteiger partial charge in [-0.3, -0.25) is 9.59 Å². The van der Waals surface area contributed by atoms with Crippen LogP contribution in [0.5, 0.6) is 5.75 Å². The van der Waals surface area contributed by atoms with Crippen molar-refractivity contribution in [2.45, 2.75) is 19.6 Å². The fourth-order valence-corrected chi connectivity index (χ4v) is 2.33. The number of halogens is 1. The number of amides is 2. The molecule has 2 aromatic rings. The van der Waals surface area contributed by atoms with Gasteiger partial charge in [-0.25, -0.2) is 4.39 Å². The normalized spacial score (nSPS) is 13.9. The summed E-state index contributed by atoms with van der Waals surface area (Å²) in [6.45, 7) is 2.07. The van der Waals surface area contributed by atoms with Gasteiger partial charge in [0.1, 0.15) is 11.6 Å². The van der Waals surface area contributed by atoms with Crippen LogP contribution in [0.15, 0.2) is 42.5 Å². The molecule has 0 aliphatic carbocycles. The molecule has 5 nitrogen and oxygen atoms in total. The molecule has 1 atom stereocenters. The van der Waals surface area contributed by atoms with Crippen molar-refractivity contribution in [1.82, 2.24) is 5.32 Å². The highest BCUT2D eigenvalue weighted by Gasteiger charge is 2.20. The van der Waals surface area contributed by atoms with Crippen LogP contribution in [-0.2, 0) is 11.3 Å². The smallest absolute Gasteiger partial charge is 0.265 e. The summed E-state index contributed by atoms with van der Waals surface area (Å²) in [5, 5.41) is 5.40. The van der Waals surface area contributed by atoms with Gasteiger partial charge in [-0.2, -0.15) is 0 Å². The molecule has 3 rings (SSSR count). The lowest BCUT2D eigenvalue weighted by molar-refractivity contribution is -0.122. The van der Waals surface area contributed by atoms with E-state index in [1.807, 2.05) is 0 Å². The first kappa shape index (κ1) is 15.0. The van der Waals surface area contributed by atoms with Gasteiger partial charge in [-0.05, 0) is 36.8 Å². The Balaban J connectivity index is 1.67. The Morgan fingerprint density at radius 1 is 1.30 bits per heavy atom. The molecule has 23 heavy (non-hydrogen) atoms. The van der Waals surface area contributed by atoms with E-state index in [0.717, 1.165) is 5.56 Å². The van der Waals surface area contributed by atoms with Crippen molar-refractivity contribution in [3.63, 3.8) is 0 Å². The molecule has 1 heterocycles. The first-order valence-corrected chi connectivity index (χ1v) is 7.17. The molecule has 0 bridgehead atoms. The number of benzene rings is 2. The van der Waals surface area contributed by atoms with E-state index in [0.29, 0.717) is 17.8 Å². The summed E-state index contributed by atoms with van der Waals surface area (Å²) in [6.07, 6.45) is -0.807. The number of fused-ring (bicyclic) bond motifs is 1. The predicted octanol–water partition coefficient (Wildman–Crippen LogP) is 2.48. The van der Waals surface area contributed by atoms with E-state index in [9.17, 15) is 14.0 Å². The second-order valence-corrected chi connectivity index (χ2v) is 5.26. The third-order valence-electron chi connectivity index (χ3n) is 3.54. The molecule has 2 amide bonds. The van der Waals surface area contributed by atoms with Gasteiger partial charge >= 0.3 is 0 Å². The molecule has 1 aliphatic heterocycles. The number of carbonyl (C=O) groups is 2. The van der Waals surface area contributed by atoms with Gasteiger partial charge in [0.2, 0.25) is 0 Å². The van der Waals surface area contributed by atoms with Crippen LogP contribution < -0.4 is 15.4 Å². The van der Waals surface area contributed by atoms with Crippen molar-refractivity contribution >= 4 is 17.5 Å². The van der Waals surface area contributed by atoms with E-state index >= 15 is 0 Å². The van der Waals surface area contributed by atoms with E-state index in [2.05, 4.69) is 10.6 Å². The van der Waals surface area contributed by atoms with Crippen LogP contribution in [0.3, 0.4) is 0 Å². The van der Waals surface area contributed by atoms with Crippen LogP contribution in [0.4, 0.5) is 10.1 Å². The lowest BCUT2D eigenvalue weighted by Gasteiger charge is -2.15.